The van der Waals surface area contributed by atoms with Crippen LogP contribution in [0.2, 0.25) is 0 Å². The fraction of sp³-hybridized carbons (Fsp3) is 0.703. The van der Waals surface area contributed by atoms with Gasteiger partial charge >= 0.3 is 12.0 Å². The number of imide groups is 1. The average Bonchev–Trinajstić information content (AvgIpc) is 3.21. The third-order valence-corrected chi connectivity index (χ3v) is 17.0. The van der Waals surface area contributed by atoms with Crippen LogP contribution in [-0.2, 0) is 68.6 Å². The monoisotopic (exact) mass is 1250 g/mol. The van der Waals surface area contributed by atoms with E-state index in [4.69, 9.17) is 19.9 Å². The molecule has 25 nitrogen and oxygen atoms in total. The maximum Gasteiger partial charge on any atom is 0.328 e. The highest BCUT2D eigenvalue weighted by Gasteiger charge is 2.44. The number of urea groups is 1. The van der Waals surface area contributed by atoms with Gasteiger partial charge in [0.1, 0.15) is 24.2 Å². The number of esters is 1. The first-order valence-corrected chi connectivity index (χ1v) is 31.5. The topological polar surface area (TPSA) is 327 Å². The van der Waals surface area contributed by atoms with Gasteiger partial charge in [0.25, 0.3) is 11.8 Å². The Morgan fingerprint density at radius 3 is 1.90 bits per heavy atom. The van der Waals surface area contributed by atoms with Crippen LogP contribution in [0.4, 0.5) is 4.79 Å². The zero-order chi connectivity index (χ0) is 66.8. The number of amides is 11. The molecule has 8 N–H and O–H groups in total. The minimum absolute atomic E-state index is 0.0893. The number of unbranched alkanes of at least 4 members (excludes halogenated alkanes) is 2. The van der Waals surface area contributed by atoms with Gasteiger partial charge in [-0.15, -0.1) is 0 Å². The van der Waals surface area contributed by atoms with Crippen molar-refractivity contribution in [3.63, 3.8) is 0 Å². The molecule has 2 aliphatic rings. The Bertz CT molecular complexity index is 2530. The van der Waals surface area contributed by atoms with E-state index in [-0.39, 0.29) is 105 Å². The van der Waals surface area contributed by atoms with Crippen LogP contribution in [0.3, 0.4) is 0 Å². The number of rotatable bonds is 39. The Balaban J connectivity index is 1.73. The second-order valence-corrected chi connectivity index (χ2v) is 24.9. The summed E-state index contributed by atoms with van der Waals surface area (Å²) >= 11 is 0. The highest BCUT2D eigenvalue weighted by molar-refractivity contribution is 6.12. The number of nitrogens with two attached hydrogens (primary N) is 1. The summed E-state index contributed by atoms with van der Waals surface area (Å²) in [7, 11) is 7.66. The second kappa shape index (κ2) is 37.9. The molecule has 1 fully saturated rings. The Morgan fingerprint density at radius 2 is 1.34 bits per heavy atom. The van der Waals surface area contributed by atoms with Crippen molar-refractivity contribution in [1.29, 1.82) is 0 Å². The summed E-state index contributed by atoms with van der Waals surface area (Å²) in [5.74, 6) is -6.30. The minimum Gasteiger partial charge on any atom is -0.467 e. The molecule has 12 atom stereocenters. The van der Waals surface area contributed by atoms with E-state index >= 15 is 0 Å². The van der Waals surface area contributed by atoms with Gasteiger partial charge in [0.05, 0.1) is 49.8 Å². The van der Waals surface area contributed by atoms with Crippen molar-refractivity contribution in [3.05, 3.63) is 48.0 Å². The van der Waals surface area contributed by atoms with E-state index in [9.17, 15) is 52.7 Å². The van der Waals surface area contributed by atoms with Crippen molar-refractivity contribution in [3.8, 4) is 0 Å². The van der Waals surface area contributed by atoms with E-state index in [0.717, 1.165) is 10.5 Å². The fourth-order valence-electron chi connectivity index (χ4n) is 11.9. The van der Waals surface area contributed by atoms with Gasteiger partial charge in [-0.05, 0) is 81.7 Å². The summed E-state index contributed by atoms with van der Waals surface area (Å²) in [4.78, 5) is 153. The van der Waals surface area contributed by atoms with E-state index < -0.39 is 102 Å². The highest BCUT2D eigenvalue weighted by Crippen LogP contribution is 2.30. The molecule has 0 spiro atoms. The summed E-state index contributed by atoms with van der Waals surface area (Å²) < 4.78 is 17.1. The van der Waals surface area contributed by atoms with Crippen molar-refractivity contribution in [2.24, 2.45) is 35.3 Å². The van der Waals surface area contributed by atoms with E-state index in [0.29, 0.717) is 45.1 Å². The van der Waals surface area contributed by atoms with Gasteiger partial charge in [0.2, 0.25) is 41.4 Å². The number of benzene rings is 1. The number of methoxy groups -OCH3 is 3. The number of hydrogen-bond donors (Lipinski definition) is 7. The predicted octanol–water partition coefficient (Wildman–Crippen LogP) is 2.97. The van der Waals surface area contributed by atoms with Crippen molar-refractivity contribution >= 4 is 65.2 Å². The van der Waals surface area contributed by atoms with Gasteiger partial charge in [-0.3, -0.25) is 53.0 Å². The molecular weight excluding hydrogens is 1150 g/mol. The van der Waals surface area contributed by atoms with Crippen molar-refractivity contribution in [2.75, 3.05) is 61.6 Å². The van der Waals surface area contributed by atoms with Gasteiger partial charge in [-0.1, -0.05) is 105 Å². The third kappa shape index (κ3) is 23.4. The molecule has 25 heteroatoms. The van der Waals surface area contributed by atoms with Gasteiger partial charge < -0.3 is 61.6 Å². The van der Waals surface area contributed by atoms with Crippen molar-refractivity contribution in [2.45, 2.75) is 200 Å². The third-order valence-electron chi connectivity index (χ3n) is 17.0. The van der Waals surface area contributed by atoms with Gasteiger partial charge in [0, 0.05) is 78.5 Å². The lowest BCUT2D eigenvalue weighted by molar-refractivity contribution is -0.149. The number of ether oxygens (including phenoxy) is 3. The summed E-state index contributed by atoms with van der Waals surface area (Å²) in [5, 5.41) is 17.0. The average molecular weight is 1250 g/mol. The molecule has 0 bridgehead atoms. The molecule has 11 amide bonds. The largest absolute Gasteiger partial charge is 0.467 e. The van der Waals surface area contributed by atoms with E-state index in [1.54, 1.807) is 56.5 Å². The number of hydrogen-bond acceptors (Lipinski definition) is 15. The number of carbonyl (C=O) groups excluding carboxylic acids is 11. The molecule has 1 aromatic carbocycles. The van der Waals surface area contributed by atoms with E-state index in [1.165, 1.54) is 33.5 Å². The Labute approximate surface area is 527 Å². The molecule has 0 aliphatic carbocycles. The first-order chi connectivity index (χ1) is 42.0. The molecule has 0 saturated carbocycles. The van der Waals surface area contributed by atoms with Gasteiger partial charge in [0.15, 0.2) is 0 Å². The summed E-state index contributed by atoms with van der Waals surface area (Å²) in [6, 6.07) is 2.00. The predicted molar refractivity (Wildman–Crippen MR) is 336 cm³/mol. The molecule has 500 valence electrons. The zero-order valence-corrected chi connectivity index (χ0v) is 55.4. The zero-order valence-electron chi connectivity index (χ0n) is 55.4. The van der Waals surface area contributed by atoms with Crippen LogP contribution < -0.4 is 37.6 Å². The number of nitrogens with one attached hydrogen (secondary N) is 6. The molecule has 3 rings (SSSR count). The van der Waals surface area contributed by atoms with Crippen LogP contribution in [0.1, 0.15) is 139 Å². The Morgan fingerprint density at radius 1 is 0.708 bits per heavy atom. The molecule has 2 heterocycles. The van der Waals surface area contributed by atoms with Crippen LogP contribution in [0, 0.1) is 29.6 Å². The Kier molecular flexibility index (Phi) is 32.5. The molecule has 89 heavy (non-hydrogen) atoms. The molecule has 2 aliphatic heterocycles. The molecule has 0 unspecified atom stereocenters. The Hall–Kier alpha value is -6.99. The quantitative estimate of drug-likeness (QED) is 0.0283. The van der Waals surface area contributed by atoms with E-state index in [2.05, 4.69) is 31.9 Å². The first kappa shape index (κ1) is 76.3. The summed E-state index contributed by atoms with van der Waals surface area (Å²) in [6.07, 6.45) is 4.86. The highest BCUT2D eigenvalue weighted by atomic mass is 16.5. The minimum atomic E-state index is -1.10. The number of nitrogens with zero attached hydrogens (tertiary/aromatic N) is 4. The number of likely N-dealkylation sites (tertiary alicyclic amines) is 1. The first-order valence-electron chi connectivity index (χ1n) is 31.5. The molecule has 0 radical (unpaired) electrons. The summed E-state index contributed by atoms with van der Waals surface area (Å²) in [5.41, 5.74) is 6.12. The lowest BCUT2D eigenvalue weighted by atomic mass is 9.89. The van der Waals surface area contributed by atoms with Crippen molar-refractivity contribution in [1.82, 2.24) is 51.5 Å². The summed E-state index contributed by atoms with van der Waals surface area (Å²) in [6.45, 7) is 19.3. The van der Waals surface area contributed by atoms with Crippen LogP contribution in [-0.4, -0.2) is 207 Å². The number of carbonyl (C=O) groups is 11. The molecular formula is C64H105N11O14. The van der Waals surface area contributed by atoms with Gasteiger partial charge in [-0.2, -0.15) is 0 Å². The van der Waals surface area contributed by atoms with Crippen LogP contribution in [0.5, 0.6) is 0 Å². The SMILES string of the molecule is CC[C@H](C)[C@@H]([C@@H](CC(=O)N1CCC[C@H]1[C@H](OC)[C@@H](C)C(=O)N[C@@H](Cc1ccccc1)C(=O)OC)OC)N(C)C(=O)[C@@H](NC(=O)[C@H](C(C)C)N(C)C[C@@H](C)NC(=O)[C@H](CCCNC(N)=O)NC(=O)[C@@H](NC(=O)CCCCCN1C(=O)C=CC1=O)C(C)C)C(C)C. The fourth-order valence-corrected chi connectivity index (χ4v) is 11.9. The molecule has 0 aromatic heterocycles. The van der Waals surface area contributed by atoms with Crippen LogP contribution in [0.25, 0.3) is 0 Å². The smallest absolute Gasteiger partial charge is 0.328 e. The maximum absolute atomic E-state index is 14.9. The van der Waals surface area contributed by atoms with Crippen LogP contribution >= 0.6 is 0 Å². The van der Waals surface area contributed by atoms with Crippen LogP contribution in [0.15, 0.2) is 42.5 Å². The second-order valence-electron chi connectivity index (χ2n) is 24.9. The maximum atomic E-state index is 14.9. The van der Waals surface area contributed by atoms with E-state index in [1.807, 2.05) is 71.9 Å². The normalized spacial score (nSPS) is 17.9. The van der Waals surface area contributed by atoms with Crippen molar-refractivity contribution < 1.29 is 67.0 Å². The number of likely N-dealkylation sites (N-methyl/N-ethyl adjacent to an activating group) is 2. The lowest BCUT2D eigenvalue weighted by Gasteiger charge is -2.41. The van der Waals surface area contributed by atoms with Gasteiger partial charge in [-0.25, -0.2) is 9.59 Å². The standard InChI is InChI=1S/C64H105N11O14/c1-16-41(8)56(48(87-13)36-52(79)74-34-24-28-47(74)57(88-14)43(10)58(80)69-46(63(85)89-15)35-44-25-19-17-20-26-44)73(12)62(84)54(39(4)5)71-61(83)55(40(6)7)72(11)37-42(9)67-59(81)45(27-23-32-66-64(65)86)68-60(82)53(38(2)3)70-49(76)29-21-18-22-33-75-50(77)30-31-51(75)78/h17,19-20,25-26,30-31,38-43,45-48,53-57H,16,18,21-24,27-29,32-37H2,1-15H3,(H,67,81)(H,68,82)(H,69,80)(H,70,76)(H,71,83)(H3,65,66,86)/t41-,42+,43+,45-,46-,47-,48+,53-,54-,55-,56-,57+/m0/s1. The molecule has 1 saturated heterocycles. The lowest BCUT2D eigenvalue weighted by Crippen LogP contribution is -2.60. The number of primary amides is 1. The molecule has 1 aromatic rings.